The minimum Gasteiger partial charge on any atom is -0.339 e. The molecule has 2 rings (SSSR count). The second-order valence-electron chi connectivity index (χ2n) is 5.56. The summed E-state index contributed by atoms with van der Waals surface area (Å²) in [5, 5.41) is 0. The van der Waals surface area contributed by atoms with Crippen molar-refractivity contribution in [3.05, 3.63) is 12.2 Å². The molecule has 2 aliphatic rings. The fourth-order valence-corrected chi connectivity index (χ4v) is 2.83. The number of likely N-dealkylation sites (tertiary alicyclic amines) is 1. The first kappa shape index (κ1) is 17.3. The normalized spacial score (nSPS) is 21.0. The number of hydrogen-bond donors (Lipinski definition) is 0. The number of alkyl halides is 3. The van der Waals surface area contributed by atoms with Crippen molar-refractivity contribution in [1.29, 1.82) is 0 Å². The number of imide groups is 1. The molecular weight excluding hydrogens is 315 g/mol. The van der Waals surface area contributed by atoms with Crippen LogP contribution in [0.3, 0.4) is 0 Å². The van der Waals surface area contributed by atoms with Gasteiger partial charge in [-0.2, -0.15) is 13.2 Å². The zero-order valence-electron chi connectivity index (χ0n) is 12.7. The molecule has 2 heterocycles. The third kappa shape index (κ3) is 4.02. The lowest BCUT2D eigenvalue weighted by atomic mass is 10.0. The number of allylic oxidation sites excluding steroid dienone is 1. The Labute approximate surface area is 131 Å². The number of piperidine rings is 1. The fourth-order valence-electron chi connectivity index (χ4n) is 2.83. The Hall–Kier alpha value is -2.06. The van der Waals surface area contributed by atoms with E-state index in [0.717, 1.165) is 0 Å². The van der Waals surface area contributed by atoms with Gasteiger partial charge in [0.25, 0.3) is 5.91 Å². The Kier molecular flexibility index (Phi) is 4.96. The largest absolute Gasteiger partial charge is 0.406 e. The zero-order chi connectivity index (χ0) is 17.2. The Morgan fingerprint density at radius 1 is 1.26 bits per heavy atom. The van der Waals surface area contributed by atoms with Crippen molar-refractivity contribution in [3.63, 3.8) is 0 Å². The molecule has 23 heavy (non-hydrogen) atoms. The molecule has 6 nitrogen and oxygen atoms in total. The highest BCUT2D eigenvalue weighted by Gasteiger charge is 2.45. The van der Waals surface area contributed by atoms with Crippen LogP contribution in [0.25, 0.3) is 0 Å². The van der Waals surface area contributed by atoms with Crippen molar-refractivity contribution in [2.24, 2.45) is 0 Å². The van der Waals surface area contributed by atoms with Gasteiger partial charge < -0.3 is 9.80 Å². The summed E-state index contributed by atoms with van der Waals surface area (Å²) in [6, 6.07) is -1.22. The molecule has 0 saturated carbocycles. The lowest BCUT2D eigenvalue weighted by molar-refractivity contribution is -0.151. The molecule has 2 aliphatic heterocycles. The second kappa shape index (κ2) is 6.59. The number of halogens is 3. The van der Waals surface area contributed by atoms with Crippen LogP contribution in [0, 0.1) is 0 Å². The van der Waals surface area contributed by atoms with Gasteiger partial charge >= 0.3 is 12.2 Å². The number of carbonyl (C=O) groups is 3. The first-order valence-corrected chi connectivity index (χ1v) is 7.32. The average Bonchev–Trinajstić information content (AvgIpc) is 2.74. The van der Waals surface area contributed by atoms with E-state index in [1.807, 2.05) is 0 Å². The van der Waals surface area contributed by atoms with E-state index in [4.69, 9.17) is 0 Å². The fraction of sp³-hybridized carbons (Fsp3) is 0.643. The smallest absolute Gasteiger partial charge is 0.339 e. The molecule has 0 aromatic heterocycles. The highest BCUT2D eigenvalue weighted by atomic mass is 19.4. The average molecular weight is 333 g/mol. The van der Waals surface area contributed by atoms with Gasteiger partial charge in [0.05, 0.1) is 0 Å². The number of nitrogens with zero attached hydrogens (tertiary/aromatic N) is 3. The Morgan fingerprint density at radius 2 is 1.87 bits per heavy atom. The standard InChI is InChI=1S/C14H18F3N3O3/c1-2-3-11(21)18-6-4-10(5-7-18)19-8-12(22)20(13(19)23)9-14(15,16)17/h2-3,10H,4-9H2,1H3/b3-2+. The van der Waals surface area contributed by atoms with E-state index in [1.54, 1.807) is 17.9 Å². The van der Waals surface area contributed by atoms with Crippen LogP contribution in [0.4, 0.5) is 18.0 Å². The van der Waals surface area contributed by atoms with Crippen molar-refractivity contribution in [1.82, 2.24) is 14.7 Å². The number of rotatable bonds is 3. The second-order valence-corrected chi connectivity index (χ2v) is 5.56. The van der Waals surface area contributed by atoms with Crippen molar-refractivity contribution >= 4 is 17.8 Å². The summed E-state index contributed by atoms with van der Waals surface area (Å²) in [6.45, 7) is 0.659. The zero-order valence-corrected chi connectivity index (χ0v) is 12.7. The summed E-state index contributed by atoms with van der Waals surface area (Å²) in [5.41, 5.74) is 0. The van der Waals surface area contributed by atoms with Crippen molar-refractivity contribution in [3.8, 4) is 0 Å². The molecule has 2 saturated heterocycles. The van der Waals surface area contributed by atoms with Gasteiger partial charge in [0, 0.05) is 19.1 Å². The van der Waals surface area contributed by atoms with Crippen LogP contribution >= 0.6 is 0 Å². The molecule has 0 atom stereocenters. The van der Waals surface area contributed by atoms with Crippen molar-refractivity contribution in [2.45, 2.75) is 32.0 Å². The molecule has 0 spiro atoms. The molecule has 128 valence electrons. The molecule has 0 radical (unpaired) electrons. The molecule has 4 amide bonds. The monoisotopic (exact) mass is 333 g/mol. The highest BCUT2D eigenvalue weighted by Crippen LogP contribution is 2.25. The molecule has 0 aromatic rings. The summed E-state index contributed by atoms with van der Waals surface area (Å²) in [5.74, 6) is -0.965. The number of urea groups is 1. The van der Waals surface area contributed by atoms with Crippen molar-refractivity contribution in [2.75, 3.05) is 26.2 Å². The van der Waals surface area contributed by atoms with Crippen LogP contribution in [-0.2, 0) is 9.59 Å². The van der Waals surface area contributed by atoms with E-state index >= 15 is 0 Å². The molecule has 0 bridgehead atoms. The van der Waals surface area contributed by atoms with Gasteiger partial charge in [0.15, 0.2) is 0 Å². The third-order valence-electron chi connectivity index (χ3n) is 3.95. The van der Waals surface area contributed by atoms with E-state index < -0.39 is 24.7 Å². The number of amides is 4. The molecule has 9 heteroatoms. The molecule has 0 aliphatic carbocycles. The lowest BCUT2D eigenvalue weighted by Gasteiger charge is -2.35. The van der Waals surface area contributed by atoms with E-state index in [9.17, 15) is 27.6 Å². The number of carbonyl (C=O) groups excluding carboxylic acids is 3. The highest BCUT2D eigenvalue weighted by molar-refractivity contribution is 6.02. The first-order valence-electron chi connectivity index (χ1n) is 7.32. The maximum absolute atomic E-state index is 12.4. The van der Waals surface area contributed by atoms with Gasteiger partial charge in [-0.25, -0.2) is 4.79 Å². The predicted molar refractivity (Wildman–Crippen MR) is 74.3 cm³/mol. The van der Waals surface area contributed by atoms with Gasteiger partial charge in [-0.15, -0.1) is 0 Å². The SMILES string of the molecule is C/C=C/C(=O)N1CCC(N2CC(=O)N(CC(F)(F)F)C2=O)CC1. The van der Waals surface area contributed by atoms with E-state index in [2.05, 4.69) is 0 Å². The quantitative estimate of drug-likeness (QED) is 0.579. The van der Waals surface area contributed by atoms with Crippen LogP contribution in [0.15, 0.2) is 12.2 Å². The minimum atomic E-state index is -4.61. The summed E-state index contributed by atoms with van der Waals surface area (Å²) in [4.78, 5) is 38.5. The van der Waals surface area contributed by atoms with E-state index in [0.29, 0.717) is 25.9 Å². The maximum atomic E-state index is 12.4. The van der Waals surface area contributed by atoms with Gasteiger partial charge in [0.1, 0.15) is 13.1 Å². The van der Waals surface area contributed by atoms with Crippen LogP contribution in [0.1, 0.15) is 19.8 Å². The topological polar surface area (TPSA) is 60.9 Å². The van der Waals surface area contributed by atoms with Crippen LogP contribution in [0.2, 0.25) is 0 Å². The van der Waals surface area contributed by atoms with E-state index in [-0.39, 0.29) is 23.4 Å². The summed E-state index contributed by atoms with van der Waals surface area (Å²) in [6.07, 6.45) is -0.643. The van der Waals surface area contributed by atoms with Gasteiger partial charge in [0.2, 0.25) is 5.91 Å². The Bertz CT molecular complexity index is 525. The lowest BCUT2D eigenvalue weighted by Crippen LogP contribution is -2.48. The van der Waals surface area contributed by atoms with Gasteiger partial charge in [-0.05, 0) is 25.8 Å². The first-order chi connectivity index (χ1) is 10.7. The summed E-state index contributed by atoms with van der Waals surface area (Å²) >= 11 is 0. The Balaban J connectivity index is 1.95. The molecular formula is C14H18F3N3O3. The minimum absolute atomic E-state index is 0.131. The molecule has 0 aromatic carbocycles. The maximum Gasteiger partial charge on any atom is 0.406 e. The Morgan fingerprint density at radius 3 is 2.39 bits per heavy atom. The van der Waals surface area contributed by atoms with Crippen LogP contribution < -0.4 is 0 Å². The summed E-state index contributed by atoms with van der Waals surface area (Å²) < 4.78 is 37.3. The van der Waals surface area contributed by atoms with Gasteiger partial charge in [-0.1, -0.05) is 6.08 Å². The summed E-state index contributed by atoms with van der Waals surface area (Å²) in [7, 11) is 0. The third-order valence-corrected chi connectivity index (χ3v) is 3.95. The van der Waals surface area contributed by atoms with E-state index in [1.165, 1.54) is 11.0 Å². The molecule has 2 fully saturated rings. The molecule has 0 N–H and O–H groups in total. The van der Waals surface area contributed by atoms with Crippen LogP contribution in [0.5, 0.6) is 0 Å². The predicted octanol–water partition coefficient (Wildman–Crippen LogP) is 1.38. The van der Waals surface area contributed by atoms with Crippen molar-refractivity contribution < 1.29 is 27.6 Å². The number of hydrogen-bond acceptors (Lipinski definition) is 3. The van der Waals surface area contributed by atoms with Gasteiger partial charge in [-0.3, -0.25) is 14.5 Å². The van der Waals surface area contributed by atoms with Crippen LogP contribution in [-0.4, -0.2) is 70.9 Å². The molecule has 0 unspecified atom stereocenters.